The Labute approximate surface area is 130 Å². The van der Waals surface area contributed by atoms with Gasteiger partial charge in [0, 0.05) is 25.0 Å². The van der Waals surface area contributed by atoms with Gasteiger partial charge in [-0.2, -0.15) is 0 Å². The number of likely N-dealkylation sites (tertiary alicyclic amines) is 1. The van der Waals surface area contributed by atoms with Gasteiger partial charge in [-0.25, -0.2) is 0 Å². The van der Waals surface area contributed by atoms with Gasteiger partial charge in [0.2, 0.25) is 5.91 Å². The molecule has 1 aliphatic heterocycles. The molecular weight excluding hydrogens is 260 g/mol. The van der Waals surface area contributed by atoms with Gasteiger partial charge in [-0.05, 0) is 43.6 Å². The third kappa shape index (κ3) is 4.70. The fourth-order valence-corrected chi connectivity index (χ4v) is 3.86. The van der Waals surface area contributed by atoms with Crippen LogP contribution in [0.2, 0.25) is 0 Å². The van der Waals surface area contributed by atoms with E-state index in [-0.39, 0.29) is 5.92 Å². The summed E-state index contributed by atoms with van der Waals surface area (Å²) in [5, 5.41) is 3.78. The van der Waals surface area contributed by atoms with Crippen molar-refractivity contribution < 1.29 is 4.79 Å². The van der Waals surface area contributed by atoms with Crippen LogP contribution in [0.25, 0.3) is 0 Å². The van der Waals surface area contributed by atoms with Gasteiger partial charge in [-0.3, -0.25) is 4.79 Å². The van der Waals surface area contributed by atoms with E-state index in [4.69, 9.17) is 0 Å². The lowest BCUT2D eigenvalue weighted by Crippen LogP contribution is -2.53. The number of hydrogen-bond donors (Lipinski definition) is 1. The summed E-state index contributed by atoms with van der Waals surface area (Å²) >= 11 is 0. The topological polar surface area (TPSA) is 32.3 Å². The molecule has 2 rings (SSSR count). The van der Waals surface area contributed by atoms with E-state index in [1.54, 1.807) is 0 Å². The van der Waals surface area contributed by atoms with Crippen LogP contribution in [0, 0.1) is 23.7 Å². The third-order valence-electron chi connectivity index (χ3n) is 5.40. The van der Waals surface area contributed by atoms with Gasteiger partial charge < -0.3 is 10.2 Å². The molecule has 2 fully saturated rings. The smallest absolute Gasteiger partial charge is 0.225 e. The summed E-state index contributed by atoms with van der Waals surface area (Å²) in [6, 6.07) is 0.495. The van der Waals surface area contributed by atoms with Crippen LogP contribution < -0.4 is 5.32 Å². The second-order valence-corrected chi connectivity index (χ2v) is 7.89. The maximum absolute atomic E-state index is 12.4. The molecule has 1 amide bonds. The molecule has 1 saturated carbocycles. The molecule has 1 N–H and O–H groups in total. The average molecular weight is 294 g/mol. The molecule has 3 heteroatoms. The highest BCUT2D eigenvalue weighted by molar-refractivity contribution is 5.78. The Morgan fingerprint density at radius 1 is 1.14 bits per heavy atom. The van der Waals surface area contributed by atoms with Crippen molar-refractivity contribution in [2.45, 2.75) is 65.8 Å². The first-order valence-corrected chi connectivity index (χ1v) is 8.99. The van der Waals surface area contributed by atoms with Crippen LogP contribution >= 0.6 is 0 Å². The highest BCUT2D eigenvalue weighted by Crippen LogP contribution is 2.27. The van der Waals surface area contributed by atoms with Gasteiger partial charge in [0.25, 0.3) is 0 Å². The molecule has 0 radical (unpaired) electrons. The van der Waals surface area contributed by atoms with Crippen LogP contribution in [0.1, 0.15) is 59.8 Å². The maximum Gasteiger partial charge on any atom is 0.225 e. The van der Waals surface area contributed by atoms with E-state index in [1.807, 2.05) is 13.8 Å². The minimum absolute atomic E-state index is 0.117. The SMILES string of the molecule is CC(C)C(=O)N1CC(NCC2CCCC2)CC(C(C)C)C1. The number of carbonyl (C=O) groups is 1. The number of rotatable bonds is 5. The van der Waals surface area contributed by atoms with Crippen molar-refractivity contribution in [2.24, 2.45) is 23.7 Å². The second-order valence-electron chi connectivity index (χ2n) is 7.89. The van der Waals surface area contributed by atoms with Crippen LogP contribution in [0.15, 0.2) is 0 Å². The van der Waals surface area contributed by atoms with Crippen molar-refractivity contribution in [1.29, 1.82) is 0 Å². The largest absolute Gasteiger partial charge is 0.341 e. The standard InChI is InChI=1S/C18H34N2O/c1-13(2)16-9-17(19-10-15-7-5-6-8-15)12-20(11-16)18(21)14(3)4/h13-17,19H,5-12H2,1-4H3. The molecule has 2 unspecified atom stereocenters. The van der Waals surface area contributed by atoms with Gasteiger partial charge in [0.1, 0.15) is 0 Å². The molecule has 0 bridgehead atoms. The van der Waals surface area contributed by atoms with Crippen LogP contribution in [-0.2, 0) is 4.79 Å². The number of carbonyl (C=O) groups excluding carboxylic acids is 1. The molecule has 1 heterocycles. The summed E-state index contributed by atoms with van der Waals surface area (Å²) in [4.78, 5) is 14.5. The Balaban J connectivity index is 1.90. The van der Waals surface area contributed by atoms with Crippen molar-refractivity contribution in [3.63, 3.8) is 0 Å². The Kier molecular flexibility index (Phi) is 6.09. The highest BCUT2D eigenvalue weighted by Gasteiger charge is 2.32. The second kappa shape index (κ2) is 7.62. The molecule has 2 atom stereocenters. The number of nitrogens with zero attached hydrogens (tertiary/aromatic N) is 1. The van der Waals surface area contributed by atoms with Gasteiger partial charge >= 0.3 is 0 Å². The van der Waals surface area contributed by atoms with Crippen molar-refractivity contribution in [1.82, 2.24) is 10.2 Å². The maximum atomic E-state index is 12.4. The van der Waals surface area contributed by atoms with E-state index in [0.29, 0.717) is 23.8 Å². The van der Waals surface area contributed by atoms with E-state index in [9.17, 15) is 4.79 Å². The minimum atomic E-state index is 0.117. The third-order valence-corrected chi connectivity index (χ3v) is 5.40. The fraction of sp³-hybridized carbons (Fsp3) is 0.944. The Morgan fingerprint density at radius 3 is 2.38 bits per heavy atom. The molecule has 3 nitrogen and oxygen atoms in total. The lowest BCUT2D eigenvalue weighted by atomic mass is 9.85. The predicted octanol–water partition coefficient (Wildman–Crippen LogP) is 3.30. The summed E-state index contributed by atoms with van der Waals surface area (Å²) in [5.74, 6) is 2.61. The van der Waals surface area contributed by atoms with Gasteiger partial charge in [0.05, 0.1) is 0 Å². The number of hydrogen-bond acceptors (Lipinski definition) is 2. The lowest BCUT2D eigenvalue weighted by Gasteiger charge is -2.41. The summed E-state index contributed by atoms with van der Waals surface area (Å²) in [6.07, 6.45) is 6.82. The van der Waals surface area contributed by atoms with Crippen LogP contribution in [-0.4, -0.2) is 36.5 Å². The zero-order valence-corrected chi connectivity index (χ0v) is 14.4. The Hall–Kier alpha value is -0.570. The molecule has 2 aliphatic rings. The zero-order chi connectivity index (χ0) is 15.4. The molecule has 0 aromatic heterocycles. The first kappa shape index (κ1) is 16.8. The number of nitrogens with one attached hydrogen (secondary N) is 1. The summed E-state index contributed by atoms with van der Waals surface area (Å²) in [6.45, 7) is 11.6. The highest BCUT2D eigenvalue weighted by atomic mass is 16.2. The van der Waals surface area contributed by atoms with Crippen molar-refractivity contribution >= 4 is 5.91 Å². The van der Waals surface area contributed by atoms with E-state index in [1.165, 1.54) is 32.1 Å². The van der Waals surface area contributed by atoms with Crippen molar-refractivity contribution in [3.8, 4) is 0 Å². The van der Waals surface area contributed by atoms with Gasteiger partial charge in [-0.15, -0.1) is 0 Å². The predicted molar refractivity (Wildman–Crippen MR) is 88.1 cm³/mol. The van der Waals surface area contributed by atoms with Gasteiger partial charge in [0.15, 0.2) is 0 Å². The van der Waals surface area contributed by atoms with Crippen molar-refractivity contribution in [3.05, 3.63) is 0 Å². The molecule has 0 aromatic rings. The molecule has 21 heavy (non-hydrogen) atoms. The Morgan fingerprint density at radius 2 is 1.81 bits per heavy atom. The molecule has 122 valence electrons. The van der Waals surface area contributed by atoms with Crippen LogP contribution in [0.3, 0.4) is 0 Å². The van der Waals surface area contributed by atoms with E-state index >= 15 is 0 Å². The Bertz CT molecular complexity index is 334. The molecule has 0 spiro atoms. The normalized spacial score (nSPS) is 27.8. The summed E-state index contributed by atoms with van der Waals surface area (Å²) < 4.78 is 0. The first-order valence-electron chi connectivity index (χ1n) is 8.99. The first-order chi connectivity index (χ1) is 9.97. The van der Waals surface area contributed by atoms with Crippen molar-refractivity contribution in [2.75, 3.05) is 19.6 Å². The summed E-state index contributed by atoms with van der Waals surface area (Å²) in [7, 11) is 0. The van der Waals surface area contributed by atoms with Gasteiger partial charge in [-0.1, -0.05) is 40.5 Å². The average Bonchev–Trinajstić information content (AvgIpc) is 2.97. The zero-order valence-electron chi connectivity index (χ0n) is 14.4. The number of piperidine rings is 1. The number of amides is 1. The minimum Gasteiger partial charge on any atom is -0.341 e. The molecular formula is C18H34N2O. The fourth-order valence-electron chi connectivity index (χ4n) is 3.86. The summed E-state index contributed by atoms with van der Waals surface area (Å²) in [5.41, 5.74) is 0. The van der Waals surface area contributed by atoms with E-state index < -0.39 is 0 Å². The quantitative estimate of drug-likeness (QED) is 0.844. The van der Waals surface area contributed by atoms with E-state index in [0.717, 1.165) is 25.6 Å². The molecule has 1 saturated heterocycles. The monoisotopic (exact) mass is 294 g/mol. The molecule has 1 aliphatic carbocycles. The lowest BCUT2D eigenvalue weighted by molar-refractivity contribution is -0.137. The van der Waals surface area contributed by atoms with Crippen LogP contribution in [0.5, 0.6) is 0 Å². The molecule has 0 aromatic carbocycles. The van der Waals surface area contributed by atoms with E-state index in [2.05, 4.69) is 24.1 Å². The van der Waals surface area contributed by atoms with Crippen LogP contribution in [0.4, 0.5) is 0 Å².